The Morgan fingerprint density at radius 1 is 1.15 bits per heavy atom. The highest BCUT2D eigenvalue weighted by atomic mass is 16.8. The topological polar surface area (TPSA) is 140 Å². The van der Waals surface area contributed by atoms with Gasteiger partial charge in [0.15, 0.2) is 0 Å². The highest BCUT2D eigenvalue weighted by Crippen LogP contribution is 2.66. The highest BCUT2D eigenvalue weighted by molar-refractivity contribution is 5.92. The van der Waals surface area contributed by atoms with Crippen LogP contribution in [0.3, 0.4) is 0 Å². The number of ether oxygens (including phenoxy) is 1. The van der Waals surface area contributed by atoms with Gasteiger partial charge in [-0.15, -0.1) is 5.23 Å². The smallest absolute Gasteiger partial charge is 0.338 e. The quantitative estimate of drug-likeness (QED) is 0.541. The van der Waals surface area contributed by atoms with Crippen molar-refractivity contribution in [1.82, 2.24) is 0 Å². The minimum Gasteiger partial charge on any atom is -0.769 e. The summed E-state index contributed by atoms with van der Waals surface area (Å²) >= 11 is 0. The number of esters is 1. The van der Waals surface area contributed by atoms with Gasteiger partial charge >= 0.3 is 5.97 Å². The maximum absolute atomic E-state index is 12.5. The Hall–Kier alpha value is -1.91. The molecule has 2 aliphatic carbocycles. The molecule has 0 amide bonds. The predicted molar refractivity (Wildman–Crippen MR) is 91.5 cm³/mol. The molecule has 2 saturated carbocycles. The minimum atomic E-state index is -1.19. The fourth-order valence-electron chi connectivity index (χ4n) is 4.10. The number of aliphatic hydroxyl groups is 1. The van der Waals surface area contributed by atoms with Crippen LogP contribution < -0.4 is 10.5 Å². The van der Waals surface area contributed by atoms with E-state index in [2.05, 4.69) is 13.8 Å². The molecule has 0 spiro atoms. The third-order valence-corrected chi connectivity index (χ3v) is 5.91. The van der Waals surface area contributed by atoms with Gasteiger partial charge in [-0.3, -0.25) is 10.4 Å². The van der Waals surface area contributed by atoms with Gasteiger partial charge in [0, 0.05) is 5.69 Å². The number of anilines is 2. The van der Waals surface area contributed by atoms with Crippen LogP contribution in [0.4, 0.5) is 11.4 Å². The summed E-state index contributed by atoms with van der Waals surface area (Å²) in [5.41, 5.74) is -2.12. The van der Waals surface area contributed by atoms with E-state index in [-0.39, 0.29) is 21.9 Å². The first-order valence-corrected chi connectivity index (χ1v) is 8.34. The van der Waals surface area contributed by atoms with Crippen molar-refractivity contribution in [2.24, 2.45) is 17.3 Å². The highest BCUT2D eigenvalue weighted by Gasteiger charge is 2.64. The Balaban J connectivity index is 1.81. The summed E-state index contributed by atoms with van der Waals surface area (Å²) in [7, 11) is 0. The predicted octanol–water partition coefficient (Wildman–Crippen LogP) is 2.42. The summed E-state index contributed by atoms with van der Waals surface area (Å²) in [6.45, 7) is 5.86. The van der Waals surface area contributed by atoms with Crippen LogP contribution in [0.2, 0.25) is 0 Å². The Labute approximate surface area is 150 Å². The SMILES string of the molecule is CC1(C)[C@@H]2C[C@@H](OC(=O)c3cc(N([O-])[O-])cc(N(O)O)c3)[C@@](C)(O)C[C@H]21. The summed E-state index contributed by atoms with van der Waals surface area (Å²) in [4.78, 5) is 12.5. The lowest BCUT2D eigenvalue weighted by molar-refractivity contribution is -0.0986. The van der Waals surface area contributed by atoms with E-state index in [1.807, 2.05) is 0 Å². The molecule has 0 bridgehead atoms. The summed E-state index contributed by atoms with van der Waals surface area (Å²) in [5, 5.41) is 49.8. The summed E-state index contributed by atoms with van der Waals surface area (Å²) in [6, 6.07) is 2.97. The summed E-state index contributed by atoms with van der Waals surface area (Å²) < 4.78 is 5.46. The molecule has 9 heteroatoms. The standard InChI is InChI=1S/C17H22N2O7/c1-16(2)12-7-14(17(3,21)8-13(12)16)26-15(20)9-4-10(18(22)23)6-11(5-9)19(24)25/h4-6,12-14,21-23H,7-8H2,1-3H3/q-2/t12-,13-,14-,17+/m1/s1. The van der Waals surface area contributed by atoms with E-state index < -0.39 is 28.6 Å². The largest absolute Gasteiger partial charge is 0.769 e. The first-order valence-electron chi connectivity index (χ1n) is 8.34. The molecule has 3 rings (SSSR count). The van der Waals surface area contributed by atoms with E-state index in [0.717, 1.165) is 18.2 Å². The maximum atomic E-state index is 12.5. The molecule has 26 heavy (non-hydrogen) atoms. The second kappa shape index (κ2) is 6.07. The van der Waals surface area contributed by atoms with Crippen molar-refractivity contribution in [3.05, 3.63) is 34.2 Å². The van der Waals surface area contributed by atoms with E-state index in [9.17, 15) is 20.3 Å². The first-order chi connectivity index (χ1) is 11.9. The van der Waals surface area contributed by atoms with Crippen LogP contribution in [0.25, 0.3) is 0 Å². The summed E-state index contributed by atoms with van der Waals surface area (Å²) in [5.74, 6) is -0.125. The van der Waals surface area contributed by atoms with E-state index >= 15 is 0 Å². The Bertz CT molecular complexity index is 691. The van der Waals surface area contributed by atoms with Gasteiger partial charge in [-0.25, -0.2) is 4.79 Å². The second-order valence-corrected chi connectivity index (χ2v) is 8.01. The van der Waals surface area contributed by atoms with Gasteiger partial charge in [0.2, 0.25) is 0 Å². The van der Waals surface area contributed by atoms with E-state index in [1.165, 1.54) is 0 Å². The second-order valence-electron chi connectivity index (χ2n) is 8.01. The molecule has 3 N–H and O–H groups in total. The molecule has 144 valence electrons. The van der Waals surface area contributed by atoms with Gasteiger partial charge in [0.05, 0.1) is 16.9 Å². The normalized spacial score (nSPS) is 31.8. The van der Waals surface area contributed by atoms with Crippen LogP contribution in [0.15, 0.2) is 18.2 Å². The van der Waals surface area contributed by atoms with Crippen molar-refractivity contribution in [2.75, 3.05) is 10.5 Å². The van der Waals surface area contributed by atoms with Crippen LogP contribution in [0.5, 0.6) is 0 Å². The average Bonchev–Trinajstić information content (AvgIpc) is 3.05. The molecular formula is C17H22N2O7-2. The minimum absolute atomic E-state index is 0.0954. The van der Waals surface area contributed by atoms with E-state index in [4.69, 9.17) is 15.2 Å². The number of nitrogens with zero attached hydrogens (tertiary/aromatic N) is 2. The molecule has 0 radical (unpaired) electrons. The maximum Gasteiger partial charge on any atom is 0.338 e. The van der Waals surface area contributed by atoms with E-state index in [0.29, 0.717) is 24.7 Å². The summed E-state index contributed by atoms with van der Waals surface area (Å²) in [6.07, 6.45) is 0.300. The number of carbonyl (C=O) groups excluding carboxylic acids is 1. The van der Waals surface area contributed by atoms with E-state index in [1.54, 1.807) is 6.92 Å². The number of rotatable bonds is 4. The zero-order valence-electron chi connectivity index (χ0n) is 14.7. The lowest BCUT2D eigenvalue weighted by atomic mass is 9.83. The molecule has 4 atom stereocenters. The number of fused-ring (bicyclic) bond motifs is 1. The Morgan fingerprint density at radius 2 is 1.77 bits per heavy atom. The van der Waals surface area contributed by atoms with Crippen LogP contribution in [-0.2, 0) is 4.74 Å². The molecule has 9 nitrogen and oxygen atoms in total. The number of hydrogen-bond donors (Lipinski definition) is 3. The molecule has 0 saturated heterocycles. The molecule has 0 aromatic heterocycles. The van der Waals surface area contributed by atoms with Gasteiger partial charge in [-0.05, 0) is 55.2 Å². The van der Waals surface area contributed by atoms with Crippen LogP contribution in [0, 0.1) is 27.7 Å². The van der Waals surface area contributed by atoms with Crippen LogP contribution in [0.1, 0.15) is 44.0 Å². The Morgan fingerprint density at radius 3 is 2.35 bits per heavy atom. The van der Waals surface area contributed by atoms with Gasteiger partial charge in [-0.1, -0.05) is 13.8 Å². The fourth-order valence-corrected chi connectivity index (χ4v) is 4.10. The molecule has 2 aliphatic rings. The van der Waals surface area contributed by atoms with Gasteiger partial charge in [-0.2, -0.15) is 0 Å². The molecule has 2 fully saturated rings. The van der Waals surface area contributed by atoms with Crippen molar-refractivity contribution in [3.63, 3.8) is 0 Å². The fraction of sp³-hybridized carbons (Fsp3) is 0.588. The van der Waals surface area contributed by atoms with Crippen LogP contribution in [-0.4, -0.2) is 33.2 Å². The van der Waals surface area contributed by atoms with Crippen molar-refractivity contribution in [1.29, 1.82) is 0 Å². The van der Waals surface area contributed by atoms with Crippen LogP contribution >= 0.6 is 0 Å². The van der Waals surface area contributed by atoms with Gasteiger partial charge < -0.3 is 25.5 Å². The first kappa shape index (κ1) is 18.9. The monoisotopic (exact) mass is 366 g/mol. The zero-order valence-corrected chi connectivity index (χ0v) is 14.7. The van der Waals surface area contributed by atoms with Gasteiger partial charge in [0.1, 0.15) is 6.10 Å². The number of benzene rings is 1. The number of carbonyl (C=O) groups is 1. The van der Waals surface area contributed by atoms with Crippen molar-refractivity contribution >= 4 is 17.3 Å². The molecule has 1 aromatic rings. The lowest BCUT2D eigenvalue weighted by Gasteiger charge is -2.38. The van der Waals surface area contributed by atoms with Crippen molar-refractivity contribution in [2.45, 2.75) is 45.3 Å². The van der Waals surface area contributed by atoms with Gasteiger partial charge in [0.25, 0.3) is 0 Å². The zero-order chi connectivity index (χ0) is 19.4. The van der Waals surface area contributed by atoms with Crippen molar-refractivity contribution in [3.8, 4) is 0 Å². The molecule has 1 aromatic carbocycles. The molecule has 0 aliphatic heterocycles. The number of hydrogen-bond acceptors (Lipinski definition) is 9. The molecule has 0 heterocycles. The third-order valence-electron chi connectivity index (χ3n) is 5.91. The Kier molecular flexibility index (Phi) is 4.40. The third kappa shape index (κ3) is 3.24. The molecule has 0 unspecified atom stereocenters. The average molecular weight is 366 g/mol. The lowest BCUT2D eigenvalue weighted by Crippen LogP contribution is -2.45. The van der Waals surface area contributed by atoms with Crippen molar-refractivity contribution < 1.29 is 25.1 Å². The molecular weight excluding hydrogens is 344 g/mol.